The van der Waals surface area contributed by atoms with E-state index in [2.05, 4.69) is 20.2 Å². The number of nitrogens with zero attached hydrogens (tertiary/aromatic N) is 4. The normalized spacial score (nSPS) is 10.4. The summed E-state index contributed by atoms with van der Waals surface area (Å²) in [7, 11) is 0. The number of pyridine rings is 2. The van der Waals surface area contributed by atoms with Gasteiger partial charge in [-0.05, 0) is 0 Å². The van der Waals surface area contributed by atoms with Gasteiger partial charge in [0.15, 0.2) is 0 Å². The SMILES string of the molecule is N#Cc1cnc2cnc(F)cc2c1-c1cn[nH]c1. The fraction of sp³-hybridized carbons (Fsp3) is 0. The number of rotatable bonds is 1. The van der Waals surface area contributed by atoms with Gasteiger partial charge in [0.05, 0.1) is 23.5 Å². The first kappa shape index (κ1) is 10.4. The Morgan fingerprint density at radius 3 is 2.83 bits per heavy atom. The highest BCUT2D eigenvalue weighted by Crippen LogP contribution is 2.29. The van der Waals surface area contributed by atoms with E-state index in [1.165, 1.54) is 18.5 Å². The number of aromatic nitrogens is 4. The molecule has 5 nitrogen and oxygen atoms in total. The van der Waals surface area contributed by atoms with Crippen molar-refractivity contribution in [1.82, 2.24) is 20.2 Å². The Bertz CT molecular complexity index is 758. The fourth-order valence-corrected chi connectivity index (χ4v) is 1.85. The van der Waals surface area contributed by atoms with Gasteiger partial charge in [0.2, 0.25) is 5.95 Å². The van der Waals surface area contributed by atoms with E-state index in [4.69, 9.17) is 5.26 Å². The Morgan fingerprint density at radius 1 is 1.22 bits per heavy atom. The molecule has 0 unspecified atom stereocenters. The van der Waals surface area contributed by atoms with Gasteiger partial charge in [0.1, 0.15) is 6.07 Å². The Hall–Kier alpha value is -2.81. The molecule has 0 spiro atoms. The highest BCUT2D eigenvalue weighted by Gasteiger charge is 2.12. The minimum Gasteiger partial charge on any atom is -0.285 e. The van der Waals surface area contributed by atoms with Crippen LogP contribution < -0.4 is 0 Å². The first-order valence-corrected chi connectivity index (χ1v) is 5.13. The molecule has 0 radical (unpaired) electrons. The van der Waals surface area contributed by atoms with Crippen molar-refractivity contribution < 1.29 is 4.39 Å². The average molecular weight is 239 g/mol. The number of nitriles is 1. The lowest BCUT2D eigenvalue weighted by Gasteiger charge is -2.05. The number of fused-ring (bicyclic) bond motifs is 1. The number of H-pyrrole nitrogens is 1. The summed E-state index contributed by atoms with van der Waals surface area (Å²) in [6, 6.07) is 3.32. The molecule has 0 bridgehead atoms. The minimum atomic E-state index is -0.607. The number of nitrogens with one attached hydrogen (secondary N) is 1. The molecule has 0 amide bonds. The van der Waals surface area contributed by atoms with Gasteiger partial charge in [0, 0.05) is 35.0 Å². The predicted molar refractivity (Wildman–Crippen MR) is 61.8 cm³/mol. The highest BCUT2D eigenvalue weighted by molar-refractivity contribution is 5.96. The lowest BCUT2D eigenvalue weighted by Crippen LogP contribution is -1.92. The van der Waals surface area contributed by atoms with Crippen molar-refractivity contribution in [3.05, 3.63) is 42.4 Å². The van der Waals surface area contributed by atoms with Crippen LogP contribution in [-0.2, 0) is 0 Å². The molecule has 0 aliphatic heterocycles. The molecule has 18 heavy (non-hydrogen) atoms. The number of aromatic amines is 1. The van der Waals surface area contributed by atoms with Crippen LogP contribution in [0.4, 0.5) is 4.39 Å². The minimum absolute atomic E-state index is 0.370. The van der Waals surface area contributed by atoms with Crippen LogP contribution in [0.5, 0.6) is 0 Å². The standard InChI is InChI=1S/C12H6FN5/c13-11-1-9-10(6-16-11)15-3-7(2-14)12(9)8-4-17-18-5-8/h1,3-6H,(H,17,18). The third-order valence-corrected chi connectivity index (χ3v) is 2.63. The number of halogens is 1. The van der Waals surface area contributed by atoms with E-state index in [-0.39, 0.29) is 0 Å². The van der Waals surface area contributed by atoms with E-state index in [0.717, 1.165) is 0 Å². The van der Waals surface area contributed by atoms with Crippen molar-refractivity contribution in [2.24, 2.45) is 0 Å². The zero-order valence-electron chi connectivity index (χ0n) is 9.05. The Labute approximate surface area is 101 Å². The molecule has 3 aromatic rings. The van der Waals surface area contributed by atoms with Crippen molar-refractivity contribution in [2.75, 3.05) is 0 Å². The van der Waals surface area contributed by atoms with E-state index in [1.807, 2.05) is 6.07 Å². The van der Waals surface area contributed by atoms with E-state index in [0.29, 0.717) is 27.6 Å². The molecule has 86 valence electrons. The largest absolute Gasteiger partial charge is 0.285 e. The maximum Gasteiger partial charge on any atom is 0.213 e. The summed E-state index contributed by atoms with van der Waals surface area (Å²) in [5.41, 5.74) is 2.23. The quantitative estimate of drug-likeness (QED) is 0.659. The smallest absolute Gasteiger partial charge is 0.213 e. The molecule has 6 heteroatoms. The van der Waals surface area contributed by atoms with E-state index in [1.54, 1.807) is 12.4 Å². The Morgan fingerprint density at radius 2 is 2.11 bits per heavy atom. The van der Waals surface area contributed by atoms with Crippen LogP contribution in [0.25, 0.3) is 22.0 Å². The zero-order chi connectivity index (χ0) is 12.5. The molecule has 0 saturated heterocycles. The topological polar surface area (TPSA) is 78.2 Å². The molecular weight excluding hydrogens is 233 g/mol. The van der Waals surface area contributed by atoms with Crippen LogP contribution in [-0.4, -0.2) is 20.2 Å². The van der Waals surface area contributed by atoms with Crippen LogP contribution in [0.15, 0.2) is 30.9 Å². The van der Waals surface area contributed by atoms with Crippen LogP contribution in [0.2, 0.25) is 0 Å². The van der Waals surface area contributed by atoms with Gasteiger partial charge in [0.25, 0.3) is 0 Å². The van der Waals surface area contributed by atoms with Crippen molar-refractivity contribution in [1.29, 1.82) is 5.26 Å². The molecule has 3 rings (SSSR count). The second-order valence-electron chi connectivity index (χ2n) is 3.67. The van der Waals surface area contributed by atoms with Crippen LogP contribution in [0, 0.1) is 17.3 Å². The van der Waals surface area contributed by atoms with Gasteiger partial charge in [-0.1, -0.05) is 0 Å². The van der Waals surface area contributed by atoms with Crippen LogP contribution in [0.1, 0.15) is 5.56 Å². The summed E-state index contributed by atoms with van der Waals surface area (Å²) in [4.78, 5) is 7.63. The van der Waals surface area contributed by atoms with Crippen molar-refractivity contribution in [2.45, 2.75) is 0 Å². The van der Waals surface area contributed by atoms with E-state index < -0.39 is 5.95 Å². The lowest BCUT2D eigenvalue weighted by molar-refractivity contribution is 0.586. The summed E-state index contributed by atoms with van der Waals surface area (Å²) in [6.07, 6.45) is 6.02. The van der Waals surface area contributed by atoms with E-state index >= 15 is 0 Å². The molecule has 3 heterocycles. The molecule has 3 aromatic heterocycles. The molecule has 0 atom stereocenters. The molecule has 0 aliphatic rings. The third-order valence-electron chi connectivity index (χ3n) is 2.63. The summed E-state index contributed by atoms with van der Waals surface area (Å²) < 4.78 is 13.2. The summed E-state index contributed by atoms with van der Waals surface area (Å²) in [6.45, 7) is 0. The first-order chi connectivity index (χ1) is 8.79. The monoisotopic (exact) mass is 239 g/mol. The zero-order valence-corrected chi connectivity index (χ0v) is 9.05. The van der Waals surface area contributed by atoms with E-state index in [9.17, 15) is 4.39 Å². The maximum absolute atomic E-state index is 13.2. The van der Waals surface area contributed by atoms with Gasteiger partial charge >= 0.3 is 0 Å². The summed E-state index contributed by atoms with van der Waals surface area (Å²) in [5.74, 6) is -0.607. The average Bonchev–Trinajstić information content (AvgIpc) is 2.90. The molecule has 0 saturated carbocycles. The Kier molecular flexibility index (Phi) is 2.24. The molecular formula is C12H6FN5. The predicted octanol–water partition coefficient (Wildman–Crippen LogP) is 2.03. The van der Waals surface area contributed by atoms with Gasteiger partial charge < -0.3 is 0 Å². The fourth-order valence-electron chi connectivity index (χ4n) is 1.85. The first-order valence-electron chi connectivity index (χ1n) is 5.13. The second-order valence-corrected chi connectivity index (χ2v) is 3.67. The molecule has 1 N–H and O–H groups in total. The summed E-state index contributed by atoms with van der Waals surface area (Å²) >= 11 is 0. The number of hydrogen-bond acceptors (Lipinski definition) is 4. The molecule has 0 aromatic carbocycles. The van der Waals surface area contributed by atoms with Crippen molar-refractivity contribution in [3.63, 3.8) is 0 Å². The summed E-state index contributed by atoms with van der Waals surface area (Å²) in [5, 5.41) is 16.2. The third kappa shape index (κ3) is 1.50. The van der Waals surface area contributed by atoms with Crippen molar-refractivity contribution in [3.8, 4) is 17.2 Å². The van der Waals surface area contributed by atoms with Crippen LogP contribution in [0.3, 0.4) is 0 Å². The second kappa shape index (κ2) is 3.89. The molecule has 0 fully saturated rings. The molecule has 0 aliphatic carbocycles. The van der Waals surface area contributed by atoms with Gasteiger partial charge in [-0.2, -0.15) is 14.8 Å². The van der Waals surface area contributed by atoms with Gasteiger partial charge in [-0.3, -0.25) is 10.1 Å². The maximum atomic E-state index is 13.2. The Balaban J connectivity index is 2.45. The lowest BCUT2D eigenvalue weighted by atomic mass is 10.0. The van der Waals surface area contributed by atoms with Gasteiger partial charge in [-0.15, -0.1) is 0 Å². The van der Waals surface area contributed by atoms with Crippen LogP contribution >= 0.6 is 0 Å². The number of hydrogen-bond donors (Lipinski definition) is 1. The highest BCUT2D eigenvalue weighted by atomic mass is 19.1. The van der Waals surface area contributed by atoms with Crippen molar-refractivity contribution >= 4 is 10.9 Å². The van der Waals surface area contributed by atoms with Gasteiger partial charge in [-0.25, -0.2) is 4.98 Å².